The van der Waals surface area contributed by atoms with Gasteiger partial charge in [-0.15, -0.1) is 11.3 Å². The summed E-state index contributed by atoms with van der Waals surface area (Å²) in [6, 6.07) is 14.4. The third-order valence-corrected chi connectivity index (χ3v) is 7.68. The van der Waals surface area contributed by atoms with Crippen LogP contribution in [0, 0.1) is 6.92 Å². The Labute approximate surface area is 206 Å². The minimum absolute atomic E-state index is 0.180. The molecule has 0 saturated heterocycles. The van der Waals surface area contributed by atoms with E-state index in [-0.39, 0.29) is 18.0 Å². The number of hydrogen-bond donors (Lipinski definition) is 1. The molecule has 1 amide bonds. The molecule has 0 atom stereocenters. The van der Waals surface area contributed by atoms with Gasteiger partial charge >= 0.3 is 5.69 Å². The number of fused-ring (bicyclic) bond motifs is 3. The SMILES string of the molecule is CCOc1ccc(-n2c(=O)c3c4c(sc3n(CC(=O)Nc3ccccc3C)c2=O)CCCC4)cc1. The van der Waals surface area contributed by atoms with Crippen LogP contribution in [0.5, 0.6) is 5.75 Å². The van der Waals surface area contributed by atoms with E-state index in [0.29, 0.717) is 33.9 Å². The highest BCUT2D eigenvalue weighted by Crippen LogP contribution is 2.34. The minimum atomic E-state index is -0.523. The van der Waals surface area contributed by atoms with Gasteiger partial charge in [-0.2, -0.15) is 0 Å². The molecular formula is C27H27N3O4S. The number of para-hydroxylation sites is 1. The smallest absolute Gasteiger partial charge is 0.337 e. The number of aryl methyl sites for hydroxylation is 3. The molecule has 0 spiro atoms. The molecule has 0 aliphatic heterocycles. The van der Waals surface area contributed by atoms with Crippen LogP contribution in [0.3, 0.4) is 0 Å². The van der Waals surface area contributed by atoms with Crippen LogP contribution >= 0.6 is 11.3 Å². The van der Waals surface area contributed by atoms with Gasteiger partial charge < -0.3 is 10.1 Å². The fraction of sp³-hybridized carbons (Fsp3) is 0.296. The first-order valence-corrected chi connectivity index (χ1v) is 12.7. The third kappa shape index (κ3) is 4.30. The number of thiophene rings is 1. The van der Waals surface area contributed by atoms with Crippen molar-refractivity contribution in [3.05, 3.63) is 85.4 Å². The van der Waals surface area contributed by atoms with E-state index in [9.17, 15) is 14.4 Å². The van der Waals surface area contributed by atoms with Crippen molar-refractivity contribution in [3.63, 3.8) is 0 Å². The van der Waals surface area contributed by atoms with Crippen molar-refractivity contribution >= 4 is 33.1 Å². The summed E-state index contributed by atoms with van der Waals surface area (Å²) >= 11 is 1.47. The second-order valence-corrected chi connectivity index (χ2v) is 9.77. The fourth-order valence-corrected chi connectivity index (χ4v) is 6.01. The lowest BCUT2D eigenvalue weighted by Gasteiger charge is -2.14. The maximum atomic E-state index is 13.7. The second kappa shape index (κ2) is 9.54. The number of hydrogen-bond acceptors (Lipinski definition) is 5. The molecule has 180 valence electrons. The molecule has 0 radical (unpaired) electrons. The Kier molecular flexibility index (Phi) is 6.30. The van der Waals surface area contributed by atoms with Crippen molar-refractivity contribution in [1.29, 1.82) is 0 Å². The minimum Gasteiger partial charge on any atom is -0.494 e. The van der Waals surface area contributed by atoms with E-state index >= 15 is 0 Å². The van der Waals surface area contributed by atoms with Crippen molar-refractivity contribution in [2.24, 2.45) is 0 Å². The molecule has 4 aromatic rings. The lowest BCUT2D eigenvalue weighted by molar-refractivity contribution is -0.116. The van der Waals surface area contributed by atoms with Crippen molar-refractivity contribution in [2.75, 3.05) is 11.9 Å². The first kappa shape index (κ1) is 23.1. The average Bonchev–Trinajstić information content (AvgIpc) is 3.24. The lowest BCUT2D eigenvalue weighted by atomic mass is 9.97. The summed E-state index contributed by atoms with van der Waals surface area (Å²) in [4.78, 5) is 42.2. The highest BCUT2D eigenvalue weighted by Gasteiger charge is 2.25. The van der Waals surface area contributed by atoms with Gasteiger partial charge in [0.15, 0.2) is 0 Å². The molecule has 7 nitrogen and oxygen atoms in total. The Bertz CT molecular complexity index is 1530. The van der Waals surface area contributed by atoms with Gasteiger partial charge in [0.05, 0.1) is 17.7 Å². The summed E-state index contributed by atoms with van der Waals surface area (Å²) in [5, 5.41) is 3.47. The predicted octanol–water partition coefficient (Wildman–Crippen LogP) is 4.44. The number of rotatable bonds is 6. The van der Waals surface area contributed by atoms with Crippen LogP contribution < -0.4 is 21.3 Å². The number of carbonyl (C=O) groups excluding carboxylic acids is 1. The first-order chi connectivity index (χ1) is 17.0. The Morgan fingerprint density at radius 2 is 1.80 bits per heavy atom. The number of carbonyl (C=O) groups is 1. The highest BCUT2D eigenvalue weighted by atomic mass is 32.1. The van der Waals surface area contributed by atoms with Gasteiger partial charge in [0, 0.05) is 10.6 Å². The van der Waals surface area contributed by atoms with E-state index in [4.69, 9.17) is 4.74 Å². The average molecular weight is 490 g/mol. The van der Waals surface area contributed by atoms with E-state index in [1.54, 1.807) is 24.3 Å². The number of aromatic nitrogens is 2. The Balaban J connectivity index is 1.65. The van der Waals surface area contributed by atoms with Crippen molar-refractivity contribution in [3.8, 4) is 11.4 Å². The molecule has 1 N–H and O–H groups in total. The molecule has 0 fully saturated rings. The normalized spacial score (nSPS) is 13.0. The van der Waals surface area contributed by atoms with Crippen LogP contribution in [-0.4, -0.2) is 21.6 Å². The quantitative estimate of drug-likeness (QED) is 0.434. The van der Waals surface area contributed by atoms with Crippen LogP contribution in [0.1, 0.15) is 35.8 Å². The van der Waals surface area contributed by atoms with E-state index in [0.717, 1.165) is 41.7 Å². The summed E-state index contributed by atoms with van der Waals surface area (Å²) in [6.07, 6.45) is 3.77. The molecule has 2 aromatic heterocycles. The predicted molar refractivity (Wildman–Crippen MR) is 139 cm³/mol. The van der Waals surface area contributed by atoms with Gasteiger partial charge in [-0.1, -0.05) is 18.2 Å². The number of nitrogens with one attached hydrogen (secondary N) is 1. The summed E-state index contributed by atoms with van der Waals surface area (Å²) < 4.78 is 8.14. The second-order valence-electron chi connectivity index (χ2n) is 8.69. The zero-order chi connectivity index (χ0) is 24.5. The number of ether oxygens (including phenoxy) is 1. The van der Waals surface area contributed by atoms with Crippen LogP contribution in [0.2, 0.25) is 0 Å². The summed E-state index contributed by atoms with van der Waals surface area (Å²) in [5.41, 5.74) is 2.26. The zero-order valence-corrected chi connectivity index (χ0v) is 20.6. The zero-order valence-electron chi connectivity index (χ0n) is 19.8. The number of nitrogens with zero attached hydrogens (tertiary/aromatic N) is 2. The van der Waals surface area contributed by atoms with Gasteiger partial charge in [-0.05, 0) is 81.0 Å². The summed E-state index contributed by atoms with van der Waals surface area (Å²) in [6.45, 7) is 4.15. The lowest BCUT2D eigenvalue weighted by Crippen LogP contribution is -2.40. The standard InChI is InChI=1S/C27H27N3O4S/c1-3-34-19-14-12-18(13-15-19)30-25(32)24-20-9-5-7-11-22(20)35-26(24)29(27(30)33)16-23(31)28-21-10-6-4-8-17(21)2/h4,6,8,10,12-15H,3,5,7,9,11,16H2,1-2H3,(H,28,31). The van der Waals surface area contributed by atoms with Gasteiger partial charge in [-0.25, -0.2) is 9.36 Å². The van der Waals surface area contributed by atoms with Crippen LogP contribution in [0.15, 0.2) is 58.1 Å². The molecule has 2 aromatic carbocycles. The largest absolute Gasteiger partial charge is 0.494 e. The van der Waals surface area contributed by atoms with Gasteiger partial charge in [0.1, 0.15) is 17.1 Å². The molecule has 8 heteroatoms. The van der Waals surface area contributed by atoms with Crippen LogP contribution in [-0.2, 0) is 24.2 Å². The summed E-state index contributed by atoms with van der Waals surface area (Å²) in [7, 11) is 0. The number of benzene rings is 2. The van der Waals surface area contributed by atoms with E-state index in [2.05, 4.69) is 5.32 Å². The molecule has 5 rings (SSSR count). The molecule has 1 aliphatic carbocycles. The van der Waals surface area contributed by atoms with Crippen LogP contribution in [0.25, 0.3) is 15.9 Å². The highest BCUT2D eigenvalue weighted by molar-refractivity contribution is 7.18. The van der Waals surface area contributed by atoms with Gasteiger partial charge in [0.2, 0.25) is 5.91 Å². The summed E-state index contributed by atoms with van der Waals surface area (Å²) in [5.74, 6) is 0.349. The molecule has 0 saturated carbocycles. The van der Waals surface area contributed by atoms with E-state index in [1.807, 2.05) is 38.1 Å². The Hall–Kier alpha value is -3.65. The number of anilines is 1. The van der Waals surface area contributed by atoms with Crippen molar-refractivity contribution in [1.82, 2.24) is 9.13 Å². The third-order valence-electron chi connectivity index (χ3n) is 6.36. The Morgan fingerprint density at radius 3 is 2.54 bits per heavy atom. The molecular weight excluding hydrogens is 462 g/mol. The molecule has 0 bridgehead atoms. The molecule has 35 heavy (non-hydrogen) atoms. The van der Waals surface area contributed by atoms with Gasteiger partial charge in [0.25, 0.3) is 5.56 Å². The van der Waals surface area contributed by atoms with Gasteiger partial charge in [-0.3, -0.25) is 14.2 Å². The maximum absolute atomic E-state index is 13.7. The molecule has 1 aliphatic rings. The molecule has 2 heterocycles. The van der Waals surface area contributed by atoms with Crippen molar-refractivity contribution in [2.45, 2.75) is 46.1 Å². The fourth-order valence-electron chi connectivity index (χ4n) is 4.64. The van der Waals surface area contributed by atoms with Crippen LogP contribution in [0.4, 0.5) is 5.69 Å². The number of amides is 1. The monoisotopic (exact) mass is 489 g/mol. The van der Waals surface area contributed by atoms with E-state index < -0.39 is 5.69 Å². The Morgan fingerprint density at radius 1 is 1.06 bits per heavy atom. The first-order valence-electron chi connectivity index (χ1n) is 11.9. The molecule has 0 unspecified atom stereocenters. The van der Waals surface area contributed by atoms with E-state index in [1.165, 1.54) is 20.5 Å². The van der Waals surface area contributed by atoms with Crippen molar-refractivity contribution < 1.29 is 9.53 Å². The maximum Gasteiger partial charge on any atom is 0.337 e. The topological polar surface area (TPSA) is 82.3 Å².